The molecule has 1 aliphatic rings. The van der Waals surface area contributed by atoms with Crippen molar-refractivity contribution >= 4 is 22.8 Å². The third-order valence-electron chi connectivity index (χ3n) is 6.23. The minimum atomic E-state index is -0.668. The molecule has 0 bridgehead atoms. The molecule has 5 rings (SSSR count). The van der Waals surface area contributed by atoms with E-state index in [0.29, 0.717) is 12.5 Å². The summed E-state index contributed by atoms with van der Waals surface area (Å²) in [5.74, 6) is 1.33. The lowest BCUT2D eigenvalue weighted by atomic mass is 10.1. The first kappa shape index (κ1) is 23.1. The lowest BCUT2D eigenvalue weighted by molar-refractivity contribution is 0.0345. The molecule has 0 aliphatic carbocycles. The summed E-state index contributed by atoms with van der Waals surface area (Å²) >= 11 is 0. The van der Waals surface area contributed by atoms with E-state index >= 15 is 0 Å². The van der Waals surface area contributed by atoms with Crippen LogP contribution in [0.5, 0.6) is 5.75 Å². The number of nitrogens with zero attached hydrogens (tertiary/aromatic N) is 5. The minimum absolute atomic E-state index is 0.525. The molecule has 8 nitrogen and oxygen atoms in total. The molecule has 2 N–H and O–H groups in total. The Bertz CT molecular complexity index is 1300. The van der Waals surface area contributed by atoms with Crippen molar-refractivity contribution in [1.29, 1.82) is 0 Å². The second-order valence-electron chi connectivity index (χ2n) is 9.59. The molecule has 35 heavy (non-hydrogen) atoms. The van der Waals surface area contributed by atoms with E-state index < -0.39 is 5.60 Å². The van der Waals surface area contributed by atoms with Gasteiger partial charge >= 0.3 is 0 Å². The Labute approximate surface area is 205 Å². The molecule has 0 unspecified atom stereocenters. The van der Waals surface area contributed by atoms with Crippen molar-refractivity contribution in [2.45, 2.75) is 19.4 Å². The summed E-state index contributed by atoms with van der Waals surface area (Å²) in [5.41, 5.74) is 4.26. The number of methoxy groups -OCH3 is 1. The SMILES string of the molecule is COc1ccccc1-c1ccc2cnc(Nc3cccc(N4CCN(CC(C)(C)O)CC4)c3)nn12. The Morgan fingerprint density at radius 1 is 1.00 bits per heavy atom. The summed E-state index contributed by atoms with van der Waals surface area (Å²) in [7, 11) is 1.68. The van der Waals surface area contributed by atoms with Gasteiger partial charge in [0.2, 0.25) is 5.95 Å². The van der Waals surface area contributed by atoms with Gasteiger partial charge < -0.3 is 20.1 Å². The molecule has 0 atom stereocenters. The standard InChI is InChI=1S/C27H32N6O2/c1-27(2,34)19-31-13-15-32(16-14-31)21-8-6-7-20(17-21)29-26-28-18-22-11-12-24(33(22)30-26)23-9-4-5-10-25(23)35-3/h4-12,17-18,34H,13-16,19H2,1-3H3,(H,29,30). The van der Waals surface area contributed by atoms with Crippen LogP contribution in [-0.2, 0) is 0 Å². The van der Waals surface area contributed by atoms with E-state index in [1.54, 1.807) is 7.11 Å². The van der Waals surface area contributed by atoms with Crippen molar-refractivity contribution in [3.05, 3.63) is 66.9 Å². The van der Waals surface area contributed by atoms with E-state index in [-0.39, 0.29) is 0 Å². The maximum atomic E-state index is 10.1. The number of β-amino-alcohol motifs (C(OH)–C–C–N with tert-alkyl or cyclic N) is 1. The zero-order valence-corrected chi connectivity index (χ0v) is 20.5. The van der Waals surface area contributed by atoms with Gasteiger partial charge in [-0.05, 0) is 56.3 Å². The Morgan fingerprint density at radius 3 is 2.57 bits per heavy atom. The van der Waals surface area contributed by atoms with Gasteiger partial charge in [-0.25, -0.2) is 9.50 Å². The molecular weight excluding hydrogens is 440 g/mol. The van der Waals surface area contributed by atoms with Crippen LogP contribution in [0.4, 0.5) is 17.3 Å². The smallest absolute Gasteiger partial charge is 0.245 e. The van der Waals surface area contributed by atoms with E-state index in [0.717, 1.165) is 60.1 Å². The molecular formula is C27H32N6O2. The van der Waals surface area contributed by atoms with Crippen LogP contribution in [0, 0.1) is 0 Å². The largest absolute Gasteiger partial charge is 0.496 e. The van der Waals surface area contributed by atoms with Crippen LogP contribution in [0.1, 0.15) is 13.8 Å². The summed E-state index contributed by atoms with van der Waals surface area (Å²) in [6.07, 6.45) is 1.82. The van der Waals surface area contributed by atoms with E-state index in [1.807, 2.05) is 67.0 Å². The first-order chi connectivity index (χ1) is 16.9. The van der Waals surface area contributed by atoms with Gasteiger partial charge in [-0.15, -0.1) is 5.10 Å². The third kappa shape index (κ3) is 5.23. The van der Waals surface area contributed by atoms with Crippen LogP contribution >= 0.6 is 0 Å². The highest BCUT2D eigenvalue weighted by atomic mass is 16.5. The maximum Gasteiger partial charge on any atom is 0.245 e. The van der Waals surface area contributed by atoms with Crippen molar-refractivity contribution in [1.82, 2.24) is 19.5 Å². The number of para-hydroxylation sites is 1. The highest BCUT2D eigenvalue weighted by molar-refractivity contribution is 5.72. The average Bonchev–Trinajstić information content (AvgIpc) is 3.27. The van der Waals surface area contributed by atoms with Gasteiger partial charge in [-0.2, -0.15) is 0 Å². The van der Waals surface area contributed by atoms with Crippen molar-refractivity contribution in [3.63, 3.8) is 0 Å². The lowest BCUT2D eigenvalue weighted by Gasteiger charge is -2.38. The van der Waals surface area contributed by atoms with E-state index in [2.05, 4.69) is 38.3 Å². The molecule has 1 saturated heterocycles. The molecule has 1 aliphatic heterocycles. The number of piperazine rings is 1. The number of aliphatic hydroxyl groups is 1. The number of hydrogen-bond acceptors (Lipinski definition) is 7. The van der Waals surface area contributed by atoms with Gasteiger partial charge in [-0.3, -0.25) is 4.90 Å². The maximum absolute atomic E-state index is 10.1. The van der Waals surface area contributed by atoms with E-state index in [1.165, 1.54) is 0 Å². The van der Waals surface area contributed by atoms with Crippen LogP contribution in [0.2, 0.25) is 0 Å². The predicted octanol–water partition coefficient (Wildman–Crippen LogP) is 4.04. The summed E-state index contributed by atoms with van der Waals surface area (Å²) in [4.78, 5) is 9.21. The number of anilines is 3. The zero-order chi connectivity index (χ0) is 24.4. The molecule has 2 aromatic heterocycles. The molecule has 4 aromatic rings. The van der Waals surface area contributed by atoms with Gasteiger partial charge in [0, 0.05) is 49.7 Å². The first-order valence-electron chi connectivity index (χ1n) is 11.9. The Balaban J connectivity index is 1.33. The molecule has 0 spiro atoms. The molecule has 0 radical (unpaired) electrons. The summed E-state index contributed by atoms with van der Waals surface area (Å²) in [5, 5.41) is 18.2. The summed E-state index contributed by atoms with van der Waals surface area (Å²) in [6, 6.07) is 20.3. The number of nitrogens with one attached hydrogen (secondary N) is 1. The third-order valence-corrected chi connectivity index (χ3v) is 6.23. The van der Waals surface area contributed by atoms with Crippen LogP contribution < -0.4 is 15.0 Å². The Kier molecular flexibility index (Phi) is 6.32. The topological polar surface area (TPSA) is 78.2 Å². The van der Waals surface area contributed by atoms with Crippen LogP contribution in [-0.4, -0.2) is 70.0 Å². The Hall–Kier alpha value is -3.62. The highest BCUT2D eigenvalue weighted by Gasteiger charge is 2.23. The number of benzene rings is 2. The fourth-order valence-electron chi connectivity index (χ4n) is 4.64. The lowest BCUT2D eigenvalue weighted by Crippen LogP contribution is -2.50. The van der Waals surface area contributed by atoms with Gasteiger partial charge in [0.25, 0.3) is 0 Å². The normalized spacial score (nSPS) is 14.9. The molecule has 8 heteroatoms. The second-order valence-corrected chi connectivity index (χ2v) is 9.59. The van der Waals surface area contributed by atoms with Gasteiger partial charge in [0.1, 0.15) is 5.75 Å². The van der Waals surface area contributed by atoms with Gasteiger partial charge in [-0.1, -0.05) is 18.2 Å². The van der Waals surface area contributed by atoms with Gasteiger partial charge in [0.15, 0.2) is 0 Å². The number of ether oxygens (including phenoxy) is 1. The predicted molar refractivity (Wildman–Crippen MR) is 140 cm³/mol. The average molecular weight is 473 g/mol. The van der Waals surface area contributed by atoms with Crippen LogP contribution in [0.25, 0.3) is 16.8 Å². The number of hydrogen-bond donors (Lipinski definition) is 2. The monoisotopic (exact) mass is 472 g/mol. The number of fused-ring (bicyclic) bond motifs is 1. The van der Waals surface area contributed by atoms with Crippen LogP contribution in [0.15, 0.2) is 66.9 Å². The fraction of sp³-hybridized carbons (Fsp3) is 0.333. The van der Waals surface area contributed by atoms with Gasteiger partial charge in [0.05, 0.1) is 30.1 Å². The second kappa shape index (κ2) is 9.56. The fourth-order valence-corrected chi connectivity index (χ4v) is 4.64. The quantitative estimate of drug-likeness (QED) is 0.420. The van der Waals surface area contributed by atoms with Crippen molar-refractivity contribution in [2.75, 3.05) is 50.1 Å². The number of aromatic nitrogens is 3. The minimum Gasteiger partial charge on any atom is -0.496 e. The number of rotatable bonds is 7. The molecule has 182 valence electrons. The zero-order valence-electron chi connectivity index (χ0n) is 20.5. The van der Waals surface area contributed by atoms with Crippen LogP contribution in [0.3, 0.4) is 0 Å². The summed E-state index contributed by atoms with van der Waals surface area (Å²) < 4.78 is 7.44. The molecule has 0 amide bonds. The molecule has 1 fully saturated rings. The Morgan fingerprint density at radius 2 is 1.80 bits per heavy atom. The van der Waals surface area contributed by atoms with E-state index in [9.17, 15) is 5.11 Å². The van der Waals surface area contributed by atoms with Crippen molar-refractivity contribution in [3.8, 4) is 17.0 Å². The molecule has 0 saturated carbocycles. The van der Waals surface area contributed by atoms with Crippen molar-refractivity contribution in [2.24, 2.45) is 0 Å². The highest BCUT2D eigenvalue weighted by Crippen LogP contribution is 2.31. The molecule has 2 aromatic carbocycles. The van der Waals surface area contributed by atoms with Crippen molar-refractivity contribution < 1.29 is 9.84 Å². The first-order valence-corrected chi connectivity index (χ1v) is 11.9. The molecule has 3 heterocycles. The summed E-state index contributed by atoms with van der Waals surface area (Å²) in [6.45, 7) is 8.13. The van der Waals surface area contributed by atoms with E-state index in [4.69, 9.17) is 9.84 Å².